The molecule has 5 nitrogen and oxygen atoms in total. The molecule has 3 aromatic carbocycles. The number of amides is 1. The molecule has 0 aliphatic heterocycles. The maximum absolute atomic E-state index is 13.3. The Bertz CT molecular complexity index is 1210. The molecule has 0 N–H and O–H groups in total. The first-order valence-electron chi connectivity index (χ1n) is 10.4. The van der Waals surface area contributed by atoms with E-state index in [1.165, 1.54) is 6.08 Å². The third-order valence-corrected chi connectivity index (χ3v) is 5.98. The maximum atomic E-state index is 13.3. The van der Waals surface area contributed by atoms with E-state index < -0.39 is 5.97 Å². The van der Waals surface area contributed by atoms with Gasteiger partial charge >= 0.3 is 5.97 Å². The Kier molecular flexibility index (Phi) is 9.16. The lowest BCUT2D eigenvalue weighted by atomic mass is 10.1. The maximum Gasteiger partial charge on any atom is 0.338 e. The number of carbonyl (C=O) groups excluding carboxylic acids is 2. The van der Waals surface area contributed by atoms with Crippen LogP contribution in [0.15, 0.2) is 71.2 Å². The van der Waals surface area contributed by atoms with Crippen molar-refractivity contribution in [3.8, 4) is 5.75 Å². The minimum Gasteiger partial charge on any atom is -0.496 e. The number of rotatable bonds is 8. The smallest absolute Gasteiger partial charge is 0.338 e. The number of benzene rings is 3. The van der Waals surface area contributed by atoms with Crippen LogP contribution in [-0.2, 0) is 16.1 Å². The summed E-state index contributed by atoms with van der Waals surface area (Å²) in [6.45, 7) is 2.23. The van der Waals surface area contributed by atoms with Crippen molar-refractivity contribution in [3.05, 3.63) is 97.9 Å². The van der Waals surface area contributed by atoms with Crippen LogP contribution in [0, 0.1) is 0 Å². The van der Waals surface area contributed by atoms with Gasteiger partial charge in [0, 0.05) is 31.8 Å². The minimum atomic E-state index is -0.422. The van der Waals surface area contributed by atoms with E-state index in [9.17, 15) is 9.59 Å². The van der Waals surface area contributed by atoms with Crippen LogP contribution in [0.1, 0.15) is 28.4 Å². The number of ether oxygens (including phenoxy) is 2. The summed E-state index contributed by atoms with van der Waals surface area (Å²) in [6, 6.07) is 17.3. The van der Waals surface area contributed by atoms with Gasteiger partial charge in [-0.05, 0) is 73.2 Å². The van der Waals surface area contributed by atoms with Crippen molar-refractivity contribution in [1.29, 1.82) is 0 Å². The monoisotopic (exact) mass is 561 g/mol. The fraction of sp³-hybridized carbons (Fsp3) is 0.154. The molecule has 0 unspecified atom stereocenters. The zero-order valence-electron chi connectivity index (χ0n) is 18.6. The largest absolute Gasteiger partial charge is 0.496 e. The zero-order chi connectivity index (χ0) is 24.7. The summed E-state index contributed by atoms with van der Waals surface area (Å²) in [5, 5.41) is 0.957. The predicted octanol–water partition coefficient (Wildman–Crippen LogP) is 7.19. The van der Waals surface area contributed by atoms with Gasteiger partial charge in [-0.3, -0.25) is 4.79 Å². The predicted molar refractivity (Wildman–Crippen MR) is 140 cm³/mol. The molecule has 0 aliphatic carbocycles. The van der Waals surface area contributed by atoms with Gasteiger partial charge in [-0.2, -0.15) is 0 Å². The Labute approximate surface area is 217 Å². The van der Waals surface area contributed by atoms with Gasteiger partial charge in [-0.1, -0.05) is 45.2 Å². The first-order chi connectivity index (χ1) is 16.3. The first kappa shape index (κ1) is 25.8. The van der Waals surface area contributed by atoms with E-state index in [4.69, 9.17) is 32.7 Å². The highest BCUT2D eigenvalue weighted by molar-refractivity contribution is 9.10. The Morgan fingerprint density at radius 1 is 1.03 bits per heavy atom. The molecule has 0 fully saturated rings. The average molecular weight is 563 g/mol. The molecular weight excluding hydrogens is 541 g/mol. The average Bonchev–Trinajstić information content (AvgIpc) is 2.82. The van der Waals surface area contributed by atoms with Crippen LogP contribution in [-0.4, -0.2) is 25.6 Å². The second-order valence-electron chi connectivity index (χ2n) is 7.15. The van der Waals surface area contributed by atoms with Crippen LogP contribution in [0.25, 0.3) is 6.08 Å². The van der Waals surface area contributed by atoms with Gasteiger partial charge in [-0.25, -0.2) is 4.79 Å². The molecule has 0 aromatic heterocycles. The van der Waals surface area contributed by atoms with Crippen LogP contribution in [0.2, 0.25) is 10.0 Å². The highest BCUT2D eigenvalue weighted by Gasteiger charge is 2.17. The lowest BCUT2D eigenvalue weighted by Gasteiger charge is -2.22. The van der Waals surface area contributed by atoms with Crippen LogP contribution in [0.5, 0.6) is 5.75 Å². The second kappa shape index (κ2) is 12.1. The lowest BCUT2D eigenvalue weighted by Crippen LogP contribution is -2.29. The number of esters is 1. The Balaban J connectivity index is 1.95. The van der Waals surface area contributed by atoms with E-state index in [1.807, 2.05) is 18.2 Å². The molecule has 0 spiro atoms. The molecule has 3 aromatic rings. The molecule has 8 heteroatoms. The van der Waals surface area contributed by atoms with Crippen molar-refractivity contribution < 1.29 is 19.1 Å². The topological polar surface area (TPSA) is 55.8 Å². The minimum absolute atomic E-state index is 0.202. The summed E-state index contributed by atoms with van der Waals surface area (Å²) in [7, 11) is 1.57. The highest BCUT2D eigenvalue weighted by Crippen LogP contribution is 2.27. The van der Waals surface area contributed by atoms with Gasteiger partial charge in [0.05, 0.1) is 25.8 Å². The van der Waals surface area contributed by atoms with Crippen molar-refractivity contribution >= 4 is 62.8 Å². The number of nitrogens with zero attached hydrogens (tertiary/aromatic N) is 1. The number of hydrogen-bond donors (Lipinski definition) is 0. The summed E-state index contributed by atoms with van der Waals surface area (Å²) in [5.41, 5.74) is 2.46. The van der Waals surface area contributed by atoms with Crippen LogP contribution in [0.3, 0.4) is 0 Å². The molecule has 176 valence electrons. The normalized spacial score (nSPS) is 10.9. The van der Waals surface area contributed by atoms with Gasteiger partial charge < -0.3 is 14.4 Å². The Hall–Kier alpha value is -2.80. The molecule has 0 saturated heterocycles. The van der Waals surface area contributed by atoms with Gasteiger partial charge in [0.1, 0.15) is 5.75 Å². The molecule has 0 aliphatic rings. The third kappa shape index (κ3) is 6.63. The highest BCUT2D eigenvalue weighted by atomic mass is 79.9. The van der Waals surface area contributed by atoms with Gasteiger partial charge in [0.15, 0.2) is 0 Å². The van der Waals surface area contributed by atoms with E-state index in [0.29, 0.717) is 27.0 Å². The standard InChI is InChI=1S/C26H22BrCl2NO4/c1-3-34-26(32)17-5-10-22(11-6-17)30(16-19-4-9-21(28)15-23(19)29)25(31)13-7-18-14-20(27)8-12-24(18)33-2/h4-15H,3,16H2,1-2H3/b13-7+. The van der Waals surface area contributed by atoms with Crippen LogP contribution < -0.4 is 9.64 Å². The number of carbonyl (C=O) groups is 2. The van der Waals surface area contributed by atoms with Crippen molar-refractivity contribution in [1.82, 2.24) is 0 Å². The summed E-state index contributed by atoms with van der Waals surface area (Å²) >= 11 is 15.8. The van der Waals surface area contributed by atoms with E-state index in [0.717, 1.165) is 15.6 Å². The molecule has 0 heterocycles. The van der Waals surface area contributed by atoms with Gasteiger partial charge in [0.25, 0.3) is 5.91 Å². The van der Waals surface area contributed by atoms with Gasteiger partial charge in [-0.15, -0.1) is 0 Å². The lowest BCUT2D eigenvalue weighted by molar-refractivity contribution is -0.114. The fourth-order valence-electron chi connectivity index (χ4n) is 3.20. The molecule has 3 rings (SSSR count). The summed E-state index contributed by atoms with van der Waals surface area (Å²) in [4.78, 5) is 26.9. The molecule has 0 radical (unpaired) electrons. The van der Waals surface area contributed by atoms with Gasteiger partial charge in [0.2, 0.25) is 0 Å². The molecule has 34 heavy (non-hydrogen) atoms. The third-order valence-electron chi connectivity index (χ3n) is 4.90. The fourth-order valence-corrected chi connectivity index (χ4v) is 4.04. The SMILES string of the molecule is CCOC(=O)c1ccc(N(Cc2ccc(Cl)cc2Cl)C(=O)/C=C/c2cc(Br)ccc2OC)cc1. The molecular formula is C26H22BrCl2NO4. The number of hydrogen-bond acceptors (Lipinski definition) is 4. The number of methoxy groups -OCH3 is 1. The summed E-state index contributed by atoms with van der Waals surface area (Å²) < 4.78 is 11.3. The second-order valence-corrected chi connectivity index (χ2v) is 8.91. The van der Waals surface area contributed by atoms with Crippen molar-refractivity contribution in [2.24, 2.45) is 0 Å². The quantitative estimate of drug-likeness (QED) is 0.215. The molecule has 1 amide bonds. The van der Waals surface area contributed by atoms with Crippen LogP contribution in [0.4, 0.5) is 5.69 Å². The van der Waals surface area contributed by atoms with E-state index >= 15 is 0 Å². The number of halogens is 3. The van der Waals surface area contributed by atoms with Crippen molar-refractivity contribution in [3.63, 3.8) is 0 Å². The molecule has 0 bridgehead atoms. The number of anilines is 1. The van der Waals surface area contributed by atoms with E-state index in [1.54, 1.807) is 67.5 Å². The van der Waals surface area contributed by atoms with Crippen molar-refractivity contribution in [2.45, 2.75) is 13.5 Å². The first-order valence-corrected chi connectivity index (χ1v) is 11.9. The van der Waals surface area contributed by atoms with Crippen LogP contribution >= 0.6 is 39.1 Å². The van der Waals surface area contributed by atoms with Crippen molar-refractivity contribution in [2.75, 3.05) is 18.6 Å². The Morgan fingerprint density at radius 3 is 2.41 bits per heavy atom. The zero-order valence-corrected chi connectivity index (χ0v) is 21.7. The van der Waals surface area contributed by atoms with E-state index in [2.05, 4.69) is 15.9 Å². The van der Waals surface area contributed by atoms with E-state index in [-0.39, 0.29) is 19.1 Å². The summed E-state index contributed by atoms with van der Waals surface area (Å²) in [5.74, 6) is -0.0652. The molecule has 0 atom stereocenters. The molecule has 0 saturated carbocycles. The Morgan fingerprint density at radius 2 is 1.76 bits per heavy atom. The summed E-state index contributed by atoms with van der Waals surface area (Å²) in [6.07, 6.45) is 3.16.